The Balaban J connectivity index is 1.43. The molecule has 0 aromatic heterocycles. The summed E-state index contributed by atoms with van der Waals surface area (Å²) in [4.78, 5) is 40.7. The molecule has 2 fully saturated rings. The van der Waals surface area contributed by atoms with Crippen molar-refractivity contribution in [1.29, 1.82) is 0 Å². The lowest BCUT2D eigenvalue weighted by molar-refractivity contribution is -0.144. The number of nitrogens with zero attached hydrogens (tertiary/aromatic N) is 1. The summed E-state index contributed by atoms with van der Waals surface area (Å²) in [7, 11) is 0. The quantitative estimate of drug-likeness (QED) is 0.589. The van der Waals surface area contributed by atoms with E-state index in [0.29, 0.717) is 11.3 Å². The van der Waals surface area contributed by atoms with Crippen LogP contribution in [0.3, 0.4) is 0 Å². The zero-order valence-electron chi connectivity index (χ0n) is 17.1. The second-order valence-electron chi connectivity index (χ2n) is 8.73. The summed E-state index contributed by atoms with van der Waals surface area (Å²) in [6.07, 6.45) is 4.84. The molecule has 6 heteroatoms. The van der Waals surface area contributed by atoms with Crippen molar-refractivity contribution < 1.29 is 18.8 Å². The Kier molecular flexibility index (Phi) is 4.73. The third-order valence-electron chi connectivity index (χ3n) is 6.78. The van der Waals surface area contributed by atoms with Gasteiger partial charge in [0.2, 0.25) is 17.7 Å². The molecule has 31 heavy (non-hydrogen) atoms. The predicted molar refractivity (Wildman–Crippen MR) is 113 cm³/mol. The highest BCUT2D eigenvalue weighted by atomic mass is 19.1. The first-order valence-electron chi connectivity index (χ1n) is 10.6. The van der Waals surface area contributed by atoms with Crippen molar-refractivity contribution in [2.24, 2.45) is 23.7 Å². The van der Waals surface area contributed by atoms with Crippen LogP contribution in [0.4, 0.5) is 10.1 Å². The first-order valence-corrected chi connectivity index (χ1v) is 10.6. The summed E-state index contributed by atoms with van der Waals surface area (Å²) in [6, 6.07) is 12.3. The van der Waals surface area contributed by atoms with E-state index >= 15 is 0 Å². The van der Waals surface area contributed by atoms with E-state index in [1.165, 1.54) is 17.0 Å². The van der Waals surface area contributed by atoms with Gasteiger partial charge in [-0.25, -0.2) is 4.39 Å². The van der Waals surface area contributed by atoms with Crippen LogP contribution >= 0.6 is 0 Å². The van der Waals surface area contributed by atoms with E-state index < -0.39 is 11.9 Å². The minimum Gasteiger partial charge on any atom is -0.326 e. The van der Waals surface area contributed by atoms with E-state index in [0.717, 1.165) is 12.0 Å². The number of benzene rings is 2. The van der Waals surface area contributed by atoms with E-state index in [-0.39, 0.29) is 47.8 Å². The lowest BCUT2D eigenvalue weighted by Crippen LogP contribution is -2.38. The minimum absolute atomic E-state index is 0.0841. The molecule has 2 aromatic carbocycles. The molecule has 1 saturated heterocycles. The van der Waals surface area contributed by atoms with E-state index in [2.05, 4.69) is 5.32 Å². The average molecular weight is 418 g/mol. The summed E-state index contributed by atoms with van der Waals surface area (Å²) in [5, 5.41) is 2.84. The lowest BCUT2D eigenvalue weighted by atomic mass is 9.85. The maximum Gasteiger partial charge on any atom is 0.234 e. The molecule has 5 nitrogen and oxygen atoms in total. The molecule has 2 bridgehead atoms. The van der Waals surface area contributed by atoms with Gasteiger partial charge >= 0.3 is 0 Å². The number of allylic oxidation sites excluding steroid dienone is 2. The van der Waals surface area contributed by atoms with Gasteiger partial charge in [0.1, 0.15) is 5.82 Å². The van der Waals surface area contributed by atoms with Crippen molar-refractivity contribution in [3.63, 3.8) is 0 Å². The second kappa shape index (κ2) is 7.45. The molecule has 2 aliphatic carbocycles. The van der Waals surface area contributed by atoms with Crippen molar-refractivity contribution in [3.8, 4) is 0 Å². The third kappa shape index (κ3) is 3.36. The number of aryl methyl sites for hydroxylation is 1. The van der Waals surface area contributed by atoms with Gasteiger partial charge in [0.05, 0.1) is 24.3 Å². The first-order chi connectivity index (χ1) is 14.9. The van der Waals surface area contributed by atoms with Gasteiger partial charge < -0.3 is 5.32 Å². The molecule has 1 heterocycles. The van der Waals surface area contributed by atoms with Crippen molar-refractivity contribution in [2.75, 3.05) is 5.32 Å². The summed E-state index contributed by atoms with van der Waals surface area (Å²) in [5.74, 6) is -1.66. The molecular formula is C25H23FN2O3. The van der Waals surface area contributed by atoms with Crippen LogP contribution in [0.5, 0.6) is 0 Å². The summed E-state index contributed by atoms with van der Waals surface area (Å²) in [5.41, 5.74) is 2.29. The normalized spacial score (nSPS) is 27.0. The standard InChI is InChI=1S/C25H23FN2O3/c1-14-2-10-19(11-3-14)27-21(29)13-20(15-6-8-18(26)9-7-15)28-24(30)22-16-4-5-17(12-16)23(22)25(28)31/h2-11,16-17,20,22-23H,12-13H2,1H3,(H,27,29). The Morgan fingerprint density at radius 3 is 2.16 bits per heavy atom. The van der Waals surface area contributed by atoms with Crippen molar-refractivity contribution in [2.45, 2.75) is 25.8 Å². The number of likely N-dealkylation sites (tertiary alicyclic amines) is 1. The molecule has 5 atom stereocenters. The van der Waals surface area contributed by atoms with Crippen molar-refractivity contribution in [1.82, 2.24) is 4.90 Å². The van der Waals surface area contributed by atoms with Gasteiger partial charge in [-0.15, -0.1) is 0 Å². The van der Waals surface area contributed by atoms with Crippen molar-refractivity contribution >= 4 is 23.4 Å². The van der Waals surface area contributed by atoms with Gasteiger partial charge in [-0.2, -0.15) is 0 Å². The number of halogens is 1. The van der Waals surface area contributed by atoms with Crippen LogP contribution < -0.4 is 5.32 Å². The fourth-order valence-corrected chi connectivity index (χ4v) is 5.30. The Bertz CT molecular complexity index is 1050. The van der Waals surface area contributed by atoms with E-state index in [1.807, 2.05) is 31.2 Å². The zero-order chi connectivity index (χ0) is 21.7. The maximum absolute atomic E-state index is 13.5. The smallest absolute Gasteiger partial charge is 0.234 e. The van der Waals surface area contributed by atoms with Crippen LogP contribution in [0.15, 0.2) is 60.7 Å². The van der Waals surface area contributed by atoms with Crippen LogP contribution in [0.25, 0.3) is 0 Å². The molecular weight excluding hydrogens is 395 g/mol. The molecule has 3 aliphatic rings. The zero-order valence-corrected chi connectivity index (χ0v) is 17.1. The monoisotopic (exact) mass is 418 g/mol. The lowest BCUT2D eigenvalue weighted by Gasteiger charge is -2.28. The van der Waals surface area contributed by atoms with E-state index in [9.17, 15) is 18.8 Å². The Hall–Kier alpha value is -3.28. The fraction of sp³-hybridized carbons (Fsp3) is 0.320. The van der Waals surface area contributed by atoms with Gasteiger partial charge in [0.15, 0.2) is 0 Å². The molecule has 2 aromatic rings. The molecule has 0 radical (unpaired) electrons. The van der Waals surface area contributed by atoms with Crippen LogP contribution in [-0.4, -0.2) is 22.6 Å². The average Bonchev–Trinajstić information content (AvgIpc) is 3.43. The van der Waals surface area contributed by atoms with Crippen LogP contribution in [0.1, 0.15) is 30.0 Å². The largest absolute Gasteiger partial charge is 0.326 e. The highest BCUT2D eigenvalue weighted by Crippen LogP contribution is 2.54. The Labute approximate surface area is 179 Å². The number of amides is 3. The molecule has 1 saturated carbocycles. The number of nitrogens with one attached hydrogen (secondary N) is 1. The molecule has 5 unspecified atom stereocenters. The van der Waals surface area contributed by atoms with Gasteiger partial charge in [-0.3, -0.25) is 19.3 Å². The predicted octanol–water partition coefficient (Wildman–Crippen LogP) is 4.01. The topological polar surface area (TPSA) is 66.5 Å². The van der Waals surface area contributed by atoms with Gasteiger partial charge in [0.25, 0.3) is 0 Å². The number of hydrogen-bond donors (Lipinski definition) is 1. The van der Waals surface area contributed by atoms with E-state index in [4.69, 9.17) is 0 Å². The van der Waals surface area contributed by atoms with E-state index in [1.54, 1.807) is 24.3 Å². The number of rotatable bonds is 5. The van der Waals surface area contributed by atoms with Gasteiger partial charge in [-0.05, 0) is 55.0 Å². The molecule has 0 spiro atoms. The number of carbonyl (C=O) groups is 3. The first kappa shape index (κ1) is 19.7. The van der Waals surface area contributed by atoms with Gasteiger partial charge in [-0.1, -0.05) is 42.0 Å². The number of imide groups is 1. The third-order valence-corrected chi connectivity index (χ3v) is 6.78. The molecule has 5 rings (SSSR count). The van der Waals surface area contributed by atoms with Gasteiger partial charge in [0, 0.05) is 5.69 Å². The van der Waals surface area contributed by atoms with Crippen LogP contribution in [0.2, 0.25) is 0 Å². The van der Waals surface area contributed by atoms with Crippen LogP contribution in [-0.2, 0) is 14.4 Å². The molecule has 158 valence electrons. The summed E-state index contributed by atoms with van der Waals surface area (Å²) >= 11 is 0. The minimum atomic E-state index is -0.768. The molecule has 1 aliphatic heterocycles. The Morgan fingerprint density at radius 1 is 1.00 bits per heavy atom. The summed E-state index contributed by atoms with van der Waals surface area (Å²) < 4.78 is 13.5. The number of hydrogen-bond acceptors (Lipinski definition) is 3. The number of anilines is 1. The second-order valence-corrected chi connectivity index (χ2v) is 8.73. The molecule has 3 amide bonds. The highest BCUT2D eigenvalue weighted by molar-refractivity contribution is 6.07. The maximum atomic E-state index is 13.5. The highest BCUT2D eigenvalue weighted by Gasteiger charge is 2.60. The fourth-order valence-electron chi connectivity index (χ4n) is 5.30. The number of fused-ring (bicyclic) bond motifs is 5. The summed E-state index contributed by atoms with van der Waals surface area (Å²) in [6.45, 7) is 1.96. The van der Waals surface area contributed by atoms with Crippen molar-refractivity contribution in [3.05, 3.63) is 77.6 Å². The number of carbonyl (C=O) groups excluding carboxylic acids is 3. The SMILES string of the molecule is Cc1ccc(NC(=O)CC(c2ccc(F)cc2)N2C(=O)C3C4C=CC(C4)C3C2=O)cc1. The van der Waals surface area contributed by atoms with Crippen LogP contribution in [0, 0.1) is 36.4 Å². The molecule has 1 N–H and O–H groups in total. The Morgan fingerprint density at radius 2 is 1.58 bits per heavy atom.